The number of carboxylic acid groups (broad SMARTS) is 1. The largest absolute Gasteiger partial charge is 0.484 e. The Kier molecular flexibility index (Phi) is 7.78. The first-order valence-electron chi connectivity index (χ1n) is 11.2. The van der Waals surface area contributed by atoms with Gasteiger partial charge in [-0.25, -0.2) is 9.78 Å². The van der Waals surface area contributed by atoms with Crippen molar-refractivity contribution < 1.29 is 19.4 Å². The number of hydrogen-bond acceptors (Lipinski definition) is 6. The third-order valence-corrected chi connectivity index (χ3v) is 7.10. The SMILES string of the molecule is C[C@@H](Oc1cc(-n2cnc3ccc(CN(C)CCNC(=O)O)cc32)sc1C(N)=O)c1ccccc1Cl. The van der Waals surface area contributed by atoms with Gasteiger partial charge in [-0.1, -0.05) is 35.9 Å². The molecule has 0 radical (unpaired) electrons. The van der Waals surface area contributed by atoms with Gasteiger partial charge in [0.15, 0.2) is 0 Å². The van der Waals surface area contributed by atoms with Gasteiger partial charge in [0, 0.05) is 36.3 Å². The number of carbonyl (C=O) groups excluding carboxylic acids is 1. The van der Waals surface area contributed by atoms with Gasteiger partial charge in [-0.2, -0.15) is 0 Å². The fourth-order valence-corrected chi connectivity index (χ4v) is 5.09. The minimum Gasteiger partial charge on any atom is -0.484 e. The number of nitrogens with two attached hydrogens (primary N) is 1. The second kappa shape index (κ2) is 11.0. The number of likely N-dealkylation sites (N-methyl/N-ethyl adjacent to an activating group) is 1. The maximum Gasteiger partial charge on any atom is 0.404 e. The van der Waals surface area contributed by atoms with E-state index in [0.717, 1.165) is 27.2 Å². The molecule has 4 rings (SSSR count). The zero-order chi connectivity index (χ0) is 25.8. The first-order valence-corrected chi connectivity index (χ1v) is 12.4. The molecule has 9 nitrogen and oxygen atoms in total. The van der Waals surface area contributed by atoms with Crippen LogP contribution >= 0.6 is 22.9 Å². The van der Waals surface area contributed by atoms with E-state index < -0.39 is 18.1 Å². The molecule has 4 N–H and O–H groups in total. The summed E-state index contributed by atoms with van der Waals surface area (Å²) in [6.45, 7) is 3.40. The summed E-state index contributed by atoms with van der Waals surface area (Å²) in [6.07, 6.45) is 0.272. The Morgan fingerprint density at radius 3 is 2.78 bits per heavy atom. The summed E-state index contributed by atoms with van der Waals surface area (Å²) in [7, 11) is 1.92. The Morgan fingerprint density at radius 1 is 1.28 bits per heavy atom. The van der Waals surface area contributed by atoms with Crippen LogP contribution in [0.15, 0.2) is 54.9 Å². The summed E-state index contributed by atoms with van der Waals surface area (Å²) in [6, 6.07) is 15.1. The summed E-state index contributed by atoms with van der Waals surface area (Å²) in [5.41, 5.74) is 9.19. The van der Waals surface area contributed by atoms with Gasteiger partial charge >= 0.3 is 6.09 Å². The van der Waals surface area contributed by atoms with Crippen molar-refractivity contribution in [1.82, 2.24) is 19.8 Å². The number of benzene rings is 2. The molecule has 0 saturated heterocycles. The Morgan fingerprint density at radius 2 is 2.06 bits per heavy atom. The summed E-state index contributed by atoms with van der Waals surface area (Å²) in [5.74, 6) is -0.187. The zero-order valence-corrected chi connectivity index (χ0v) is 21.3. The van der Waals surface area contributed by atoms with Crippen molar-refractivity contribution in [2.24, 2.45) is 5.73 Å². The first-order chi connectivity index (χ1) is 17.2. The van der Waals surface area contributed by atoms with E-state index in [0.29, 0.717) is 35.3 Å². The quantitative estimate of drug-likeness (QED) is 0.275. The lowest BCUT2D eigenvalue weighted by atomic mass is 10.1. The standard InChI is InChI=1S/C25H26ClN5O4S/c1-15(17-5-3-4-6-18(17)26)35-21-12-22(36-23(21)24(27)32)31-14-29-19-8-7-16(11-20(19)31)13-30(2)10-9-28-25(33)34/h3-8,11-12,14-15,28H,9-10,13H2,1-2H3,(H2,27,32)(H,33,34)/t15-/m1/s1. The van der Waals surface area contributed by atoms with Crippen molar-refractivity contribution in [3.05, 3.63) is 75.9 Å². The minimum atomic E-state index is -1.04. The molecule has 0 spiro atoms. The predicted octanol–water partition coefficient (Wildman–Crippen LogP) is 4.68. The minimum absolute atomic E-state index is 0.313. The maximum atomic E-state index is 12.2. The van der Waals surface area contributed by atoms with Crippen LogP contribution in [0.1, 0.15) is 33.8 Å². The van der Waals surface area contributed by atoms with Crippen molar-refractivity contribution >= 4 is 46.0 Å². The smallest absolute Gasteiger partial charge is 0.404 e. The number of carbonyl (C=O) groups is 2. The van der Waals surface area contributed by atoms with Crippen LogP contribution in [0.2, 0.25) is 5.02 Å². The molecule has 2 aromatic heterocycles. The summed E-state index contributed by atoms with van der Waals surface area (Å²) >= 11 is 7.55. The van der Waals surface area contributed by atoms with E-state index in [1.807, 2.05) is 59.8 Å². The molecule has 0 bridgehead atoms. The lowest BCUT2D eigenvalue weighted by Gasteiger charge is -2.16. The molecule has 188 valence electrons. The van der Waals surface area contributed by atoms with E-state index in [4.69, 9.17) is 27.2 Å². The molecule has 0 aliphatic heterocycles. The van der Waals surface area contributed by atoms with Gasteiger partial charge in [0.05, 0.1) is 11.0 Å². The number of nitrogens with zero attached hydrogens (tertiary/aromatic N) is 3. The monoisotopic (exact) mass is 527 g/mol. The number of amides is 2. The highest BCUT2D eigenvalue weighted by Gasteiger charge is 2.21. The molecular weight excluding hydrogens is 502 g/mol. The third kappa shape index (κ3) is 5.78. The van der Waals surface area contributed by atoms with Crippen LogP contribution in [0, 0.1) is 0 Å². The van der Waals surface area contributed by atoms with Gasteiger partial charge in [0.1, 0.15) is 28.1 Å². The molecule has 2 aromatic carbocycles. The normalized spacial score (nSPS) is 12.1. The Bertz CT molecular complexity index is 1400. The van der Waals surface area contributed by atoms with E-state index >= 15 is 0 Å². The van der Waals surface area contributed by atoms with Gasteiger partial charge < -0.3 is 25.8 Å². The molecule has 2 amide bonds. The van der Waals surface area contributed by atoms with Crippen LogP contribution in [-0.2, 0) is 6.54 Å². The molecule has 36 heavy (non-hydrogen) atoms. The Balaban J connectivity index is 1.60. The highest BCUT2D eigenvalue weighted by Crippen LogP contribution is 2.37. The third-order valence-electron chi connectivity index (χ3n) is 5.63. The van der Waals surface area contributed by atoms with Crippen LogP contribution in [0.5, 0.6) is 5.75 Å². The number of hydrogen-bond donors (Lipinski definition) is 3. The molecule has 4 aromatic rings. The van der Waals surface area contributed by atoms with Crippen molar-refractivity contribution in [1.29, 1.82) is 0 Å². The van der Waals surface area contributed by atoms with Gasteiger partial charge in [0.2, 0.25) is 0 Å². The predicted molar refractivity (Wildman–Crippen MR) is 140 cm³/mol. The molecule has 0 aliphatic rings. The van der Waals surface area contributed by atoms with Gasteiger partial charge in [-0.3, -0.25) is 9.36 Å². The van der Waals surface area contributed by atoms with Crippen molar-refractivity contribution in [3.63, 3.8) is 0 Å². The van der Waals surface area contributed by atoms with E-state index in [2.05, 4.69) is 10.3 Å². The fourth-order valence-electron chi connectivity index (χ4n) is 3.87. The van der Waals surface area contributed by atoms with Gasteiger partial charge in [-0.15, -0.1) is 11.3 Å². The van der Waals surface area contributed by atoms with Crippen molar-refractivity contribution in [2.75, 3.05) is 20.1 Å². The number of rotatable bonds is 10. The number of ether oxygens (including phenoxy) is 1. The van der Waals surface area contributed by atoms with Crippen LogP contribution in [-0.4, -0.2) is 51.7 Å². The molecule has 0 saturated carbocycles. The van der Waals surface area contributed by atoms with E-state index in [9.17, 15) is 9.59 Å². The molecule has 0 fully saturated rings. The highest BCUT2D eigenvalue weighted by molar-refractivity contribution is 7.16. The topological polar surface area (TPSA) is 123 Å². The second-order valence-electron chi connectivity index (χ2n) is 8.33. The molecule has 2 heterocycles. The number of thiophene rings is 1. The molecular formula is C25H26ClN5O4S. The van der Waals surface area contributed by atoms with E-state index in [1.165, 1.54) is 11.3 Å². The molecule has 1 atom stereocenters. The van der Waals surface area contributed by atoms with Crippen LogP contribution in [0.4, 0.5) is 4.79 Å². The molecule has 0 aliphatic carbocycles. The van der Waals surface area contributed by atoms with Gasteiger partial charge in [0.25, 0.3) is 5.91 Å². The Hall–Kier alpha value is -3.60. The number of nitrogens with one attached hydrogen (secondary N) is 1. The fraction of sp³-hybridized carbons (Fsp3) is 0.240. The first kappa shape index (κ1) is 25.5. The average molecular weight is 528 g/mol. The number of primary amides is 1. The summed E-state index contributed by atoms with van der Waals surface area (Å²) in [5, 5.41) is 12.4. The lowest BCUT2D eigenvalue weighted by Crippen LogP contribution is -2.31. The van der Waals surface area contributed by atoms with Crippen LogP contribution < -0.4 is 15.8 Å². The second-order valence-corrected chi connectivity index (χ2v) is 9.77. The average Bonchev–Trinajstić information content (AvgIpc) is 3.43. The number of imidazole rings is 1. The van der Waals surface area contributed by atoms with Crippen molar-refractivity contribution in [3.8, 4) is 10.8 Å². The number of fused-ring (bicyclic) bond motifs is 1. The lowest BCUT2D eigenvalue weighted by molar-refractivity contribution is 0.0998. The van der Waals surface area contributed by atoms with E-state index in [1.54, 1.807) is 18.5 Å². The Labute approximate surface area is 217 Å². The van der Waals surface area contributed by atoms with E-state index in [-0.39, 0.29) is 0 Å². The van der Waals surface area contributed by atoms with Crippen LogP contribution in [0.3, 0.4) is 0 Å². The summed E-state index contributed by atoms with van der Waals surface area (Å²) in [4.78, 5) is 29.7. The number of aromatic nitrogens is 2. The molecule has 11 heteroatoms. The van der Waals surface area contributed by atoms with Crippen LogP contribution in [0.25, 0.3) is 16.0 Å². The highest BCUT2D eigenvalue weighted by atomic mass is 35.5. The van der Waals surface area contributed by atoms with Gasteiger partial charge in [-0.05, 0) is 37.7 Å². The summed E-state index contributed by atoms with van der Waals surface area (Å²) < 4.78 is 8.03. The zero-order valence-electron chi connectivity index (χ0n) is 19.8. The number of halogens is 1. The maximum absolute atomic E-state index is 12.2. The van der Waals surface area contributed by atoms with Crippen molar-refractivity contribution in [2.45, 2.75) is 19.6 Å². The molecule has 0 unspecified atom stereocenters.